The SMILES string of the molecule is CCOC(=O)/C(=C/c1ccccc1F)c1nccn1Cc1ccccc1. The third kappa shape index (κ3) is 4.06. The molecule has 0 saturated carbocycles. The van der Waals surface area contributed by atoms with Crippen LogP contribution in [0.15, 0.2) is 67.0 Å². The number of ether oxygens (including phenoxy) is 1. The predicted octanol–water partition coefficient (Wildman–Crippen LogP) is 4.17. The molecule has 0 atom stereocenters. The lowest BCUT2D eigenvalue weighted by Gasteiger charge is -2.11. The Balaban J connectivity index is 2.02. The van der Waals surface area contributed by atoms with E-state index >= 15 is 0 Å². The van der Waals surface area contributed by atoms with E-state index in [-0.39, 0.29) is 12.2 Å². The molecule has 3 rings (SSSR count). The molecule has 0 bridgehead atoms. The number of benzene rings is 2. The first-order valence-corrected chi connectivity index (χ1v) is 8.38. The minimum absolute atomic E-state index is 0.220. The fourth-order valence-corrected chi connectivity index (χ4v) is 2.63. The van der Waals surface area contributed by atoms with Crippen molar-refractivity contribution in [2.75, 3.05) is 6.61 Å². The summed E-state index contributed by atoms with van der Waals surface area (Å²) in [6, 6.07) is 16.1. The molecule has 0 N–H and O–H groups in total. The molecule has 0 saturated heterocycles. The summed E-state index contributed by atoms with van der Waals surface area (Å²) in [5.74, 6) is -0.498. The van der Waals surface area contributed by atoms with Crippen LogP contribution in [0.4, 0.5) is 4.39 Å². The van der Waals surface area contributed by atoms with E-state index in [0.29, 0.717) is 17.9 Å². The topological polar surface area (TPSA) is 44.1 Å². The lowest BCUT2D eigenvalue weighted by molar-refractivity contribution is -0.136. The van der Waals surface area contributed by atoms with Crippen LogP contribution >= 0.6 is 0 Å². The number of hydrogen-bond donors (Lipinski definition) is 0. The Morgan fingerprint density at radius 3 is 2.62 bits per heavy atom. The highest BCUT2D eigenvalue weighted by Crippen LogP contribution is 2.21. The van der Waals surface area contributed by atoms with Gasteiger partial charge in [0.25, 0.3) is 0 Å². The molecule has 1 aromatic heterocycles. The van der Waals surface area contributed by atoms with Crippen molar-refractivity contribution in [2.24, 2.45) is 0 Å². The summed E-state index contributed by atoms with van der Waals surface area (Å²) in [6.45, 7) is 2.51. The molecule has 0 aliphatic rings. The zero-order chi connectivity index (χ0) is 18.4. The normalized spacial score (nSPS) is 11.4. The second-order valence-electron chi connectivity index (χ2n) is 5.66. The van der Waals surface area contributed by atoms with E-state index in [1.165, 1.54) is 12.1 Å². The van der Waals surface area contributed by atoms with Crippen molar-refractivity contribution in [3.05, 3.63) is 89.8 Å². The van der Waals surface area contributed by atoms with Gasteiger partial charge in [-0.1, -0.05) is 48.5 Å². The van der Waals surface area contributed by atoms with Crippen molar-refractivity contribution in [1.82, 2.24) is 9.55 Å². The first kappa shape index (κ1) is 17.6. The Labute approximate surface area is 151 Å². The van der Waals surface area contributed by atoms with Gasteiger partial charge in [0.15, 0.2) is 0 Å². The third-order valence-electron chi connectivity index (χ3n) is 3.85. The van der Waals surface area contributed by atoms with E-state index in [4.69, 9.17) is 4.74 Å². The lowest BCUT2D eigenvalue weighted by Crippen LogP contribution is -2.12. The molecule has 3 aromatic rings. The molecule has 4 nitrogen and oxygen atoms in total. The fraction of sp³-hybridized carbons (Fsp3) is 0.143. The van der Waals surface area contributed by atoms with E-state index in [1.807, 2.05) is 34.9 Å². The van der Waals surface area contributed by atoms with Gasteiger partial charge < -0.3 is 9.30 Å². The number of nitrogens with zero attached hydrogens (tertiary/aromatic N) is 2. The number of imidazole rings is 1. The van der Waals surface area contributed by atoms with Crippen LogP contribution in [0, 0.1) is 5.82 Å². The van der Waals surface area contributed by atoms with E-state index < -0.39 is 11.8 Å². The number of rotatable bonds is 6. The van der Waals surface area contributed by atoms with Crippen molar-refractivity contribution < 1.29 is 13.9 Å². The quantitative estimate of drug-likeness (QED) is 0.495. The van der Waals surface area contributed by atoms with E-state index in [9.17, 15) is 9.18 Å². The van der Waals surface area contributed by atoms with Crippen LogP contribution in [0.5, 0.6) is 0 Å². The summed E-state index contributed by atoms with van der Waals surface area (Å²) in [6.07, 6.45) is 4.89. The molecule has 0 aliphatic heterocycles. The number of hydrogen-bond acceptors (Lipinski definition) is 3. The van der Waals surface area contributed by atoms with Crippen molar-refractivity contribution in [3.8, 4) is 0 Å². The van der Waals surface area contributed by atoms with Gasteiger partial charge in [-0.05, 0) is 24.6 Å². The highest BCUT2D eigenvalue weighted by atomic mass is 19.1. The van der Waals surface area contributed by atoms with Crippen LogP contribution in [0.25, 0.3) is 11.6 Å². The van der Waals surface area contributed by atoms with Gasteiger partial charge in [-0.2, -0.15) is 0 Å². The lowest BCUT2D eigenvalue weighted by atomic mass is 10.1. The average Bonchev–Trinajstić information content (AvgIpc) is 3.10. The van der Waals surface area contributed by atoms with Crippen LogP contribution < -0.4 is 0 Å². The molecule has 2 aromatic carbocycles. The van der Waals surface area contributed by atoms with Crippen LogP contribution in [0.3, 0.4) is 0 Å². The Bertz CT molecular complexity index is 917. The van der Waals surface area contributed by atoms with Gasteiger partial charge >= 0.3 is 5.97 Å². The van der Waals surface area contributed by atoms with E-state index in [2.05, 4.69) is 4.98 Å². The van der Waals surface area contributed by atoms with Crippen LogP contribution in [-0.4, -0.2) is 22.1 Å². The first-order valence-electron chi connectivity index (χ1n) is 8.38. The molecule has 0 amide bonds. The fourth-order valence-electron chi connectivity index (χ4n) is 2.63. The molecule has 0 unspecified atom stereocenters. The summed E-state index contributed by atoms with van der Waals surface area (Å²) in [4.78, 5) is 16.8. The summed E-state index contributed by atoms with van der Waals surface area (Å²) < 4.78 is 21.1. The highest BCUT2D eigenvalue weighted by molar-refractivity contribution is 6.20. The smallest absolute Gasteiger partial charge is 0.341 e. The van der Waals surface area contributed by atoms with Crippen molar-refractivity contribution in [2.45, 2.75) is 13.5 Å². The van der Waals surface area contributed by atoms with Gasteiger partial charge in [-0.25, -0.2) is 14.2 Å². The highest BCUT2D eigenvalue weighted by Gasteiger charge is 2.19. The van der Waals surface area contributed by atoms with Gasteiger partial charge in [0.05, 0.1) is 6.61 Å². The Morgan fingerprint density at radius 1 is 1.15 bits per heavy atom. The largest absolute Gasteiger partial charge is 0.462 e. The zero-order valence-electron chi connectivity index (χ0n) is 14.4. The molecule has 0 spiro atoms. The standard InChI is InChI=1S/C21H19FN2O2/c1-2-26-21(25)18(14-17-10-6-7-11-19(17)22)20-23-12-13-24(20)15-16-8-4-3-5-9-16/h3-14H,2,15H2,1H3/b18-14+. The molecular formula is C21H19FN2O2. The molecular weight excluding hydrogens is 331 g/mol. The molecule has 26 heavy (non-hydrogen) atoms. The van der Waals surface area contributed by atoms with Gasteiger partial charge in [-0.3, -0.25) is 0 Å². The number of carbonyl (C=O) groups is 1. The van der Waals surface area contributed by atoms with Crippen molar-refractivity contribution in [1.29, 1.82) is 0 Å². The Hall–Kier alpha value is -3.21. The third-order valence-corrected chi connectivity index (χ3v) is 3.85. The van der Waals surface area contributed by atoms with Crippen LogP contribution in [0.2, 0.25) is 0 Å². The Morgan fingerprint density at radius 2 is 1.88 bits per heavy atom. The number of esters is 1. The Kier molecular flexibility index (Phi) is 5.59. The van der Waals surface area contributed by atoms with E-state index in [0.717, 1.165) is 5.56 Å². The summed E-state index contributed by atoms with van der Waals surface area (Å²) in [5.41, 5.74) is 1.60. The second-order valence-corrected chi connectivity index (χ2v) is 5.66. The maximum atomic E-state index is 14.1. The second kappa shape index (κ2) is 8.25. The average molecular weight is 350 g/mol. The van der Waals surface area contributed by atoms with Gasteiger partial charge in [0.1, 0.15) is 17.2 Å². The monoisotopic (exact) mass is 350 g/mol. The molecule has 0 radical (unpaired) electrons. The maximum Gasteiger partial charge on any atom is 0.341 e. The minimum Gasteiger partial charge on any atom is -0.462 e. The summed E-state index contributed by atoms with van der Waals surface area (Å²) in [7, 11) is 0. The maximum absolute atomic E-state index is 14.1. The van der Waals surface area contributed by atoms with Crippen LogP contribution in [0.1, 0.15) is 23.9 Å². The summed E-state index contributed by atoms with van der Waals surface area (Å²) >= 11 is 0. The molecule has 1 heterocycles. The van der Waals surface area contributed by atoms with E-state index in [1.54, 1.807) is 37.5 Å². The number of carbonyl (C=O) groups excluding carboxylic acids is 1. The van der Waals surface area contributed by atoms with Crippen molar-refractivity contribution >= 4 is 17.6 Å². The number of halogens is 1. The summed E-state index contributed by atoms with van der Waals surface area (Å²) in [5, 5.41) is 0. The van der Waals surface area contributed by atoms with Crippen molar-refractivity contribution in [3.63, 3.8) is 0 Å². The van der Waals surface area contributed by atoms with Crippen LogP contribution in [-0.2, 0) is 16.1 Å². The number of aromatic nitrogens is 2. The van der Waals surface area contributed by atoms with Gasteiger partial charge in [-0.15, -0.1) is 0 Å². The predicted molar refractivity (Wildman–Crippen MR) is 98.7 cm³/mol. The van der Waals surface area contributed by atoms with Gasteiger partial charge in [0, 0.05) is 24.5 Å². The molecule has 0 fully saturated rings. The van der Waals surface area contributed by atoms with Gasteiger partial charge in [0.2, 0.25) is 0 Å². The first-order chi connectivity index (χ1) is 12.7. The molecule has 0 aliphatic carbocycles. The molecule has 5 heteroatoms. The minimum atomic E-state index is -0.531. The zero-order valence-corrected chi connectivity index (χ0v) is 14.4. The molecule has 132 valence electrons.